The highest BCUT2D eigenvalue weighted by Gasteiger charge is 2.24. The molecule has 0 aliphatic heterocycles. The average molecular weight is 548 g/mol. The normalized spacial score (nSPS) is 12.7. The van der Waals surface area contributed by atoms with Gasteiger partial charge in [-0.05, 0) is 87.5 Å². The number of aryl methyl sites for hydroxylation is 1. The molecule has 2 aromatic carbocycles. The second-order valence-corrected chi connectivity index (χ2v) is 9.76. The molecule has 0 spiro atoms. The Morgan fingerprint density at radius 1 is 0.974 bits per heavy atom. The van der Waals surface area contributed by atoms with Gasteiger partial charge in [-0.15, -0.1) is 0 Å². The molecule has 0 unspecified atom stereocenters. The van der Waals surface area contributed by atoms with E-state index in [1.807, 2.05) is 27.7 Å². The third-order valence-corrected chi connectivity index (χ3v) is 6.22. The van der Waals surface area contributed by atoms with Crippen LogP contribution < -0.4 is 10.6 Å². The van der Waals surface area contributed by atoms with Crippen LogP contribution in [0.2, 0.25) is 0 Å². The van der Waals surface area contributed by atoms with Crippen LogP contribution in [0, 0.1) is 18.6 Å². The smallest absolute Gasteiger partial charge is 0.253 e. The number of halogens is 2. The van der Waals surface area contributed by atoms with E-state index >= 15 is 0 Å². The van der Waals surface area contributed by atoms with Gasteiger partial charge in [0.15, 0.2) is 0 Å². The Labute approximate surface area is 230 Å². The molecular weight excluding hydrogens is 504 g/mol. The second kappa shape index (κ2) is 16.9. The number of hydrogen-bond donors (Lipinski definition) is 3. The van der Waals surface area contributed by atoms with Crippen LogP contribution in [0.5, 0.6) is 0 Å². The molecule has 0 heterocycles. The van der Waals surface area contributed by atoms with E-state index in [0.717, 1.165) is 30.9 Å². The van der Waals surface area contributed by atoms with Crippen molar-refractivity contribution in [1.29, 1.82) is 0 Å². The van der Waals surface area contributed by atoms with Crippen molar-refractivity contribution in [3.8, 4) is 0 Å². The van der Waals surface area contributed by atoms with Gasteiger partial charge in [-0.3, -0.25) is 9.59 Å². The predicted octanol–water partition coefficient (Wildman–Crippen LogP) is 4.25. The first-order valence-electron chi connectivity index (χ1n) is 13.8. The van der Waals surface area contributed by atoms with Crippen molar-refractivity contribution >= 4 is 11.8 Å². The van der Waals surface area contributed by atoms with Crippen molar-refractivity contribution in [2.75, 3.05) is 39.4 Å². The summed E-state index contributed by atoms with van der Waals surface area (Å²) < 4.78 is 33.0. The summed E-state index contributed by atoms with van der Waals surface area (Å²) >= 11 is 0. The first-order chi connectivity index (χ1) is 18.7. The van der Waals surface area contributed by atoms with Gasteiger partial charge in [-0.2, -0.15) is 0 Å². The summed E-state index contributed by atoms with van der Waals surface area (Å²) in [6, 6.07) is 7.29. The third-order valence-electron chi connectivity index (χ3n) is 6.22. The summed E-state index contributed by atoms with van der Waals surface area (Å²) in [5, 5.41) is 16.9. The number of aliphatic hydroxyl groups is 1. The molecule has 9 heteroatoms. The number of hydrogen-bond acceptors (Lipinski definition) is 5. The molecule has 216 valence electrons. The average Bonchev–Trinajstić information content (AvgIpc) is 2.88. The predicted molar refractivity (Wildman–Crippen MR) is 149 cm³/mol. The molecule has 0 saturated heterocycles. The van der Waals surface area contributed by atoms with E-state index in [-0.39, 0.29) is 24.4 Å². The van der Waals surface area contributed by atoms with Gasteiger partial charge in [0.2, 0.25) is 0 Å². The molecule has 2 aromatic rings. The van der Waals surface area contributed by atoms with E-state index in [2.05, 4.69) is 10.6 Å². The fourth-order valence-corrected chi connectivity index (χ4v) is 4.43. The quantitative estimate of drug-likeness (QED) is 0.258. The molecule has 2 rings (SSSR count). The van der Waals surface area contributed by atoms with Crippen molar-refractivity contribution in [2.45, 2.75) is 65.5 Å². The van der Waals surface area contributed by atoms with Crippen LogP contribution >= 0.6 is 0 Å². The van der Waals surface area contributed by atoms with Gasteiger partial charge in [-0.1, -0.05) is 13.8 Å². The molecule has 39 heavy (non-hydrogen) atoms. The summed E-state index contributed by atoms with van der Waals surface area (Å²) in [4.78, 5) is 28.3. The summed E-state index contributed by atoms with van der Waals surface area (Å²) in [5.74, 6) is -2.09. The van der Waals surface area contributed by atoms with Gasteiger partial charge in [0, 0.05) is 50.0 Å². The van der Waals surface area contributed by atoms with Crippen LogP contribution in [0.1, 0.15) is 71.9 Å². The lowest BCUT2D eigenvalue weighted by Crippen LogP contribution is -2.49. The van der Waals surface area contributed by atoms with E-state index in [1.165, 1.54) is 12.1 Å². The molecule has 0 fully saturated rings. The molecule has 0 radical (unpaired) electrons. The van der Waals surface area contributed by atoms with E-state index < -0.39 is 29.7 Å². The Bertz CT molecular complexity index is 1040. The van der Waals surface area contributed by atoms with Crippen LogP contribution in [0.4, 0.5) is 8.78 Å². The maximum absolute atomic E-state index is 13.8. The Morgan fingerprint density at radius 3 is 2.23 bits per heavy atom. The van der Waals surface area contributed by atoms with Gasteiger partial charge in [0.1, 0.15) is 11.6 Å². The Kier molecular flexibility index (Phi) is 14.0. The molecule has 0 saturated carbocycles. The number of benzene rings is 2. The highest BCUT2D eigenvalue weighted by molar-refractivity contribution is 6.00. The summed E-state index contributed by atoms with van der Waals surface area (Å²) in [6.07, 6.45) is 1.37. The van der Waals surface area contributed by atoms with Crippen molar-refractivity contribution in [3.05, 3.63) is 70.3 Å². The van der Waals surface area contributed by atoms with Crippen molar-refractivity contribution in [3.63, 3.8) is 0 Å². The minimum Gasteiger partial charge on any atom is -0.390 e. The Balaban J connectivity index is 2.23. The molecule has 0 bridgehead atoms. The highest BCUT2D eigenvalue weighted by atomic mass is 19.1. The lowest BCUT2D eigenvalue weighted by atomic mass is 9.99. The standard InChI is InChI=1S/C30H43F2N3O4/c1-5-10-35(11-6-2)30(38)24-14-21(4)13-23(18-24)29(37)34-27(17-22-15-25(31)19-26(32)16-22)28(36)20-33-9-8-12-39-7-3/h13-16,18-19,27-28,33,36H,5-12,17,20H2,1-4H3,(H,34,37)/t27-,28+/m0/s1. The number of ether oxygens (including phenoxy) is 1. The van der Waals surface area contributed by atoms with Crippen molar-refractivity contribution < 1.29 is 28.2 Å². The van der Waals surface area contributed by atoms with Gasteiger partial charge < -0.3 is 25.4 Å². The number of nitrogens with zero attached hydrogens (tertiary/aromatic N) is 1. The van der Waals surface area contributed by atoms with Crippen molar-refractivity contribution in [1.82, 2.24) is 15.5 Å². The number of rotatable bonds is 17. The SMILES string of the molecule is CCCN(CCC)C(=O)c1cc(C)cc(C(=O)N[C@@H](Cc2cc(F)cc(F)c2)[C@H](O)CNCCCOCC)c1. The number of carbonyl (C=O) groups is 2. The Hall–Kier alpha value is -2.88. The van der Waals surface area contributed by atoms with Gasteiger partial charge in [-0.25, -0.2) is 8.78 Å². The lowest BCUT2D eigenvalue weighted by molar-refractivity contribution is 0.0755. The minimum absolute atomic E-state index is 0.0145. The lowest BCUT2D eigenvalue weighted by Gasteiger charge is -2.25. The van der Waals surface area contributed by atoms with Crippen LogP contribution in [-0.2, 0) is 11.2 Å². The molecule has 2 amide bonds. The van der Waals surface area contributed by atoms with E-state index in [0.29, 0.717) is 44.0 Å². The van der Waals surface area contributed by atoms with E-state index in [4.69, 9.17) is 4.74 Å². The minimum atomic E-state index is -1.04. The van der Waals surface area contributed by atoms with Crippen LogP contribution in [0.3, 0.4) is 0 Å². The monoisotopic (exact) mass is 547 g/mol. The zero-order valence-corrected chi connectivity index (χ0v) is 23.6. The summed E-state index contributed by atoms with van der Waals surface area (Å²) in [7, 11) is 0. The first-order valence-corrected chi connectivity index (χ1v) is 13.8. The summed E-state index contributed by atoms with van der Waals surface area (Å²) in [5.41, 5.74) is 1.75. The summed E-state index contributed by atoms with van der Waals surface area (Å²) in [6.45, 7) is 11.0. The molecule has 3 N–H and O–H groups in total. The highest BCUT2D eigenvalue weighted by Crippen LogP contribution is 2.16. The number of amides is 2. The topological polar surface area (TPSA) is 90.9 Å². The fourth-order valence-electron chi connectivity index (χ4n) is 4.43. The molecule has 2 atom stereocenters. The fraction of sp³-hybridized carbons (Fsp3) is 0.533. The zero-order valence-electron chi connectivity index (χ0n) is 23.6. The van der Waals surface area contributed by atoms with E-state index in [1.54, 1.807) is 23.1 Å². The molecular formula is C30H43F2N3O4. The largest absolute Gasteiger partial charge is 0.390 e. The molecule has 0 aliphatic rings. The van der Waals surface area contributed by atoms with Gasteiger partial charge in [0.25, 0.3) is 11.8 Å². The molecule has 0 aromatic heterocycles. The molecule has 0 aliphatic carbocycles. The molecule has 7 nitrogen and oxygen atoms in total. The van der Waals surface area contributed by atoms with Gasteiger partial charge in [0.05, 0.1) is 12.1 Å². The van der Waals surface area contributed by atoms with Crippen LogP contribution in [0.25, 0.3) is 0 Å². The van der Waals surface area contributed by atoms with Crippen LogP contribution in [0.15, 0.2) is 36.4 Å². The second-order valence-electron chi connectivity index (χ2n) is 9.76. The number of aliphatic hydroxyl groups excluding tert-OH is 1. The maximum atomic E-state index is 13.8. The van der Waals surface area contributed by atoms with Gasteiger partial charge >= 0.3 is 0 Å². The Morgan fingerprint density at radius 2 is 1.62 bits per heavy atom. The first kappa shape index (κ1) is 32.3. The third kappa shape index (κ3) is 11.0. The van der Waals surface area contributed by atoms with E-state index in [9.17, 15) is 23.5 Å². The van der Waals surface area contributed by atoms with Crippen molar-refractivity contribution in [2.24, 2.45) is 0 Å². The maximum Gasteiger partial charge on any atom is 0.253 e. The number of carbonyl (C=O) groups excluding carboxylic acids is 2. The zero-order chi connectivity index (χ0) is 28.8. The number of nitrogens with one attached hydrogen (secondary N) is 2. The van der Waals surface area contributed by atoms with Crippen LogP contribution in [-0.4, -0.2) is 73.4 Å².